The molecule has 2 unspecified atom stereocenters. The predicted molar refractivity (Wildman–Crippen MR) is 101 cm³/mol. The van der Waals surface area contributed by atoms with Gasteiger partial charge in [-0.2, -0.15) is 0 Å². The highest BCUT2D eigenvalue weighted by molar-refractivity contribution is 9.10. The number of carboxylic acid groups (broad SMARTS) is 1. The van der Waals surface area contributed by atoms with Gasteiger partial charge in [0.1, 0.15) is 5.92 Å². The van der Waals surface area contributed by atoms with Crippen LogP contribution in [0.1, 0.15) is 21.8 Å². The average Bonchev–Trinajstić information content (AvgIpc) is 2.55. The zero-order valence-corrected chi connectivity index (χ0v) is 17.0. The second-order valence-electron chi connectivity index (χ2n) is 5.43. The molecule has 0 radical (unpaired) electrons. The summed E-state index contributed by atoms with van der Waals surface area (Å²) in [7, 11) is -3.36. The predicted octanol–water partition coefficient (Wildman–Crippen LogP) is 3.67. The number of hydrogen-bond acceptors (Lipinski definition) is 4. The second kappa shape index (κ2) is 7.80. The summed E-state index contributed by atoms with van der Waals surface area (Å²) in [5.41, 5.74) is 0.719. The topological polar surface area (TPSA) is 88.5 Å². The Balaban J connectivity index is 2.32. The van der Waals surface area contributed by atoms with Crippen molar-refractivity contribution in [2.45, 2.75) is 15.6 Å². The maximum atomic E-state index is 12.6. The number of benzene rings is 2. The smallest absolute Gasteiger partial charge is 0.312 e. The van der Waals surface area contributed by atoms with Gasteiger partial charge in [0.05, 0.1) is 9.72 Å². The Labute approximate surface area is 162 Å². The van der Waals surface area contributed by atoms with Crippen molar-refractivity contribution < 1.29 is 23.1 Å². The van der Waals surface area contributed by atoms with E-state index in [-0.39, 0.29) is 10.5 Å². The first-order chi connectivity index (χ1) is 11.6. The fraction of sp³-hybridized carbons (Fsp3) is 0.176. The van der Waals surface area contributed by atoms with Crippen LogP contribution in [0.2, 0.25) is 0 Å². The molecule has 0 heterocycles. The molecule has 0 saturated heterocycles. The third kappa shape index (κ3) is 4.77. The summed E-state index contributed by atoms with van der Waals surface area (Å²) in [6, 6.07) is 12.1. The molecule has 0 aromatic heterocycles. The van der Waals surface area contributed by atoms with Crippen molar-refractivity contribution in [2.75, 3.05) is 6.26 Å². The fourth-order valence-electron chi connectivity index (χ4n) is 2.28. The number of halogens is 2. The summed E-state index contributed by atoms with van der Waals surface area (Å²) >= 11 is 6.48. The molecule has 0 saturated carbocycles. The van der Waals surface area contributed by atoms with Crippen molar-refractivity contribution in [1.29, 1.82) is 0 Å². The molecule has 2 atom stereocenters. The summed E-state index contributed by atoms with van der Waals surface area (Å²) in [6.07, 6.45) is 1.07. The Morgan fingerprint density at radius 1 is 1.00 bits per heavy atom. The van der Waals surface area contributed by atoms with Crippen molar-refractivity contribution in [1.82, 2.24) is 0 Å². The molecule has 8 heteroatoms. The van der Waals surface area contributed by atoms with Gasteiger partial charge in [0.2, 0.25) is 0 Å². The largest absolute Gasteiger partial charge is 0.481 e. The van der Waals surface area contributed by atoms with Crippen LogP contribution in [0.25, 0.3) is 0 Å². The first-order valence-electron chi connectivity index (χ1n) is 7.08. The van der Waals surface area contributed by atoms with Gasteiger partial charge in [-0.15, -0.1) is 0 Å². The van der Waals surface area contributed by atoms with Gasteiger partial charge in [0.15, 0.2) is 15.6 Å². The van der Waals surface area contributed by atoms with E-state index in [1.165, 1.54) is 24.3 Å². The SMILES string of the molecule is CS(=O)(=O)c1ccc(C(=O)C(Br)C(C(=O)O)c2ccc(Br)cc2)cc1. The number of alkyl halides is 1. The average molecular weight is 490 g/mol. The maximum Gasteiger partial charge on any atom is 0.312 e. The molecule has 2 aromatic rings. The van der Waals surface area contributed by atoms with Crippen molar-refractivity contribution in [3.05, 3.63) is 64.1 Å². The number of ketones is 1. The molecular weight excluding hydrogens is 476 g/mol. The van der Waals surface area contributed by atoms with E-state index < -0.39 is 32.3 Å². The lowest BCUT2D eigenvalue weighted by molar-refractivity contribution is -0.138. The third-order valence-electron chi connectivity index (χ3n) is 3.61. The number of Topliss-reactive ketones (excluding diaryl/α,β-unsaturated/α-hetero) is 1. The van der Waals surface area contributed by atoms with Crippen LogP contribution >= 0.6 is 31.9 Å². The summed E-state index contributed by atoms with van der Waals surface area (Å²) in [4.78, 5) is 23.4. The minimum absolute atomic E-state index is 0.0952. The van der Waals surface area contributed by atoms with Crippen molar-refractivity contribution in [2.24, 2.45) is 0 Å². The summed E-state index contributed by atoms with van der Waals surface area (Å²) in [5.74, 6) is -2.64. The number of carbonyl (C=O) groups is 2. The van der Waals surface area contributed by atoms with Crippen LogP contribution in [0.4, 0.5) is 0 Å². The van der Waals surface area contributed by atoms with Crippen LogP contribution in [0.3, 0.4) is 0 Å². The van der Waals surface area contributed by atoms with E-state index in [1.807, 2.05) is 0 Å². The van der Waals surface area contributed by atoms with E-state index in [2.05, 4.69) is 31.9 Å². The van der Waals surface area contributed by atoms with Gasteiger partial charge >= 0.3 is 5.97 Å². The number of rotatable bonds is 6. The van der Waals surface area contributed by atoms with E-state index in [0.29, 0.717) is 5.56 Å². The first kappa shape index (κ1) is 19.8. The summed E-state index contributed by atoms with van der Waals surface area (Å²) in [6.45, 7) is 0. The number of carbonyl (C=O) groups excluding carboxylic acids is 1. The van der Waals surface area contributed by atoms with Crippen LogP contribution in [-0.2, 0) is 14.6 Å². The zero-order valence-electron chi connectivity index (χ0n) is 13.0. The fourth-order valence-corrected chi connectivity index (χ4v) is 3.97. The van der Waals surface area contributed by atoms with E-state index >= 15 is 0 Å². The van der Waals surface area contributed by atoms with Crippen molar-refractivity contribution >= 4 is 53.4 Å². The maximum absolute atomic E-state index is 12.6. The van der Waals surface area contributed by atoms with Gasteiger partial charge in [-0.05, 0) is 29.8 Å². The Morgan fingerprint density at radius 3 is 1.96 bits per heavy atom. The number of aliphatic carboxylic acids is 1. The van der Waals surface area contributed by atoms with Crippen LogP contribution < -0.4 is 0 Å². The Kier molecular flexibility index (Phi) is 6.18. The molecule has 0 amide bonds. The minimum atomic E-state index is -3.36. The Hall–Kier alpha value is -1.51. The molecular formula is C17H14Br2O5S. The van der Waals surface area contributed by atoms with E-state index in [9.17, 15) is 23.1 Å². The van der Waals surface area contributed by atoms with Crippen LogP contribution in [0.5, 0.6) is 0 Å². The number of hydrogen-bond donors (Lipinski definition) is 1. The third-order valence-corrected chi connectivity index (χ3v) is 6.21. The lowest BCUT2D eigenvalue weighted by Gasteiger charge is -2.18. The molecule has 0 fully saturated rings. The minimum Gasteiger partial charge on any atom is -0.481 e. The number of sulfone groups is 1. The highest BCUT2D eigenvalue weighted by Crippen LogP contribution is 2.29. The molecule has 25 heavy (non-hydrogen) atoms. The Bertz CT molecular complexity index is 890. The highest BCUT2D eigenvalue weighted by atomic mass is 79.9. The van der Waals surface area contributed by atoms with Gasteiger partial charge in [-0.25, -0.2) is 8.42 Å². The second-order valence-corrected chi connectivity index (χ2v) is 9.35. The first-order valence-corrected chi connectivity index (χ1v) is 10.7. The Morgan fingerprint density at radius 2 is 1.52 bits per heavy atom. The van der Waals surface area contributed by atoms with Crippen molar-refractivity contribution in [3.63, 3.8) is 0 Å². The summed E-state index contributed by atoms with van der Waals surface area (Å²) < 4.78 is 23.8. The van der Waals surface area contributed by atoms with Crippen molar-refractivity contribution in [3.8, 4) is 0 Å². The molecule has 1 N–H and O–H groups in total. The van der Waals surface area contributed by atoms with Crippen LogP contribution in [0, 0.1) is 0 Å². The van der Waals surface area contributed by atoms with Gasteiger partial charge in [-0.3, -0.25) is 9.59 Å². The van der Waals surface area contributed by atoms with Crippen LogP contribution in [0.15, 0.2) is 57.9 Å². The quantitative estimate of drug-likeness (QED) is 0.494. The molecule has 0 spiro atoms. The monoisotopic (exact) mass is 488 g/mol. The lowest BCUT2D eigenvalue weighted by Crippen LogP contribution is -2.28. The normalized spacial score (nSPS) is 13.9. The molecule has 5 nitrogen and oxygen atoms in total. The molecule has 2 rings (SSSR count). The number of carboxylic acids is 1. The molecule has 0 aliphatic carbocycles. The molecule has 2 aromatic carbocycles. The van der Waals surface area contributed by atoms with Gasteiger partial charge in [0, 0.05) is 16.3 Å². The zero-order chi connectivity index (χ0) is 18.8. The van der Waals surface area contributed by atoms with Gasteiger partial charge in [0.25, 0.3) is 0 Å². The molecule has 0 aliphatic heterocycles. The van der Waals surface area contributed by atoms with Gasteiger partial charge < -0.3 is 5.11 Å². The van der Waals surface area contributed by atoms with E-state index in [1.54, 1.807) is 24.3 Å². The highest BCUT2D eigenvalue weighted by Gasteiger charge is 2.33. The molecule has 0 aliphatic rings. The molecule has 0 bridgehead atoms. The molecule has 132 valence electrons. The van der Waals surface area contributed by atoms with Gasteiger partial charge in [-0.1, -0.05) is 56.1 Å². The standard InChI is InChI=1S/C17H14Br2O5S/c1-25(23,24)13-8-4-11(5-9-13)16(20)15(19)14(17(21)22)10-2-6-12(18)7-3-10/h2-9,14-15H,1H3,(H,21,22). The lowest BCUT2D eigenvalue weighted by atomic mass is 9.91. The summed E-state index contributed by atoms with van der Waals surface area (Å²) in [5, 5.41) is 9.54. The van der Waals surface area contributed by atoms with E-state index in [4.69, 9.17) is 0 Å². The van der Waals surface area contributed by atoms with E-state index in [0.717, 1.165) is 10.7 Å². The van der Waals surface area contributed by atoms with Crippen LogP contribution in [-0.4, -0.2) is 36.4 Å².